The summed E-state index contributed by atoms with van der Waals surface area (Å²) in [6.07, 6.45) is 5.95. The normalized spacial score (nSPS) is 28.4. The lowest BCUT2D eigenvalue weighted by Crippen LogP contribution is -2.50. The molecule has 2 aliphatic rings. The molecule has 1 N–H and O–H groups in total. The van der Waals surface area contributed by atoms with E-state index in [0.717, 1.165) is 51.3 Å². The van der Waals surface area contributed by atoms with Gasteiger partial charge >= 0.3 is 0 Å². The number of hydrogen-bond donors (Lipinski definition) is 1. The maximum absolute atomic E-state index is 6.07. The van der Waals surface area contributed by atoms with Crippen LogP contribution in [0, 0.1) is 0 Å². The van der Waals surface area contributed by atoms with E-state index in [2.05, 4.69) is 12.2 Å². The third-order valence-electron chi connectivity index (χ3n) is 4.35. The smallest absolute Gasteiger partial charge is 0.120 e. The van der Waals surface area contributed by atoms with Gasteiger partial charge in [0.2, 0.25) is 0 Å². The summed E-state index contributed by atoms with van der Waals surface area (Å²) in [7, 11) is 0. The first-order chi connectivity index (χ1) is 9.27. The van der Waals surface area contributed by atoms with Gasteiger partial charge in [-0.3, -0.25) is 0 Å². The Morgan fingerprint density at radius 1 is 1.32 bits per heavy atom. The zero-order valence-corrected chi connectivity index (χ0v) is 11.6. The van der Waals surface area contributed by atoms with Crippen molar-refractivity contribution in [2.75, 3.05) is 19.8 Å². The molecule has 106 valence electrons. The van der Waals surface area contributed by atoms with Gasteiger partial charge in [0.15, 0.2) is 0 Å². The van der Waals surface area contributed by atoms with Crippen molar-refractivity contribution in [1.82, 2.24) is 5.32 Å². The summed E-state index contributed by atoms with van der Waals surface area (Å²) >= 11 is 0. The largest absolute Gasteiger partial charge is 0.468 e. The number of rotatable bonds is 3. The van der Waals surface area contributed by atoms with Crippen LogP contribution in [0.25, 0.3) is 0 Å². The van der Waals surface area contributed by atoms with Crippen LogP contribution in [0.4, 0.5) is 0 Å². The third kappa shape index (κ3) is 3.02. The fraction of sp³-hybridized carbons (Fsp3) is 0.733. The van der Waals surface area contributed by atoms with Gasteiger partial charge in [0.05, 0.1) is 17.9 Å². The summed E-state index contributed by atoms with van der Waals surface area (Å²) < 4.78 is 17.0. The minimum absolute atomic E-state index is 0.0526. The lowest BCUT2D eigenvalue weighted by molar-refractivity contribution is -0.141. The SMILES string of the molecule is C[C@H](NC1CCOC2(CCOCC2)C1)c1ccco1. The molecule has 0 aromatic carbocycles. The summed E-state index contributed by atoms with van der Waals surface area (Å²) in [5.41, 5.74) is 0.0526. The van der Waals surface area contributed by atoms with Crippen LogP contribution in [-0.2, 0) is 9.47 Å². The van der Waals surface area contributed by atoms with Crippen molar-refractivity contribution in [3.8, 4) is 0 Å². The average molecular weight is 265 g/mol. The molecule has 4 nitrogen and oxygen atoms in total. The molecule has 2 saturated heterocycles. The van der Waals surface area contributed by atoms with Gasteiger partial charge in [-0.25, -0.2) is 0 Å². The zero-order chi connectivity index (χ0) is 13.1. The van der Waals surface area contributed by atoms with Gasteiger partial charge in [0, 0.05) is 25.9 Å². The van der Waals surface area contributed by atoms with Crippen molar-refractivity contribution < 1.29 is 13.9 Å². The molecule has 2 atom stereocenters. The molecule has 19 heavy (non-hydrogen) atoms. The van der Waals surface area contributed by atoms with E-state index in [1.165, 1.54) is 0 Å². The number of hydrogen-bond acceptors (Lipinski definition) is 4. The average Bonchev–Trinajstić information content (AvgIpc) is 2.93. The van der Waals surface area contributed by atoms with Crippen LogP contribution >= 0.6 is 0 Å². The summed E-state index contributed by atoms with van der Waals surface area (Å²) in [6, 6.07) is 4.74. The Hall–Kier alpha value is -0.840. The van der Waals surface area contributed by atoms with Gasteiger partial charge < -0.3 is 19.2 Å². The Bertz CT molecular complexity index is 379. The summed E-state index contributed by atoms with van der Waals surface area (Å²) in [5.74, 6) is 1.01. The molecule has 0 bridgehead atoms. The second kappa shape index (κ2) is 5.65. The van der Waals surface area contributed by atoms with Gasteiger partial charge in [-0.1, -0.05) is 0 Å². The number of furan rings is 1. The lowest BCUT2D eigenvalue weighted by atomic mass is 9.84. The monoisotopic (exact) mass is 265 g/mol. The molecule has 0 aliphatic carbocycles. The Morgan fingerprint density at radius 2 is 2.16 bits per heavy atom. The van der Waals surface area contributed by atoms with Crippen LogP contribution < -0.4 is 5.32 Å². The fourth-order valence-corrected chi connectivity index (χ4v) is 3.24. The van der Waals surface area contributed by atoms with E-state index in [9.17, 15) is 0 Å². The van der Waals surface area contributed by atoms with Crippen molar-refractivity contribution in [2.45, 2.75) is 50.3 Å². The lowest BCUT2D eigenvalue weighted by Gasteiger charge is -2.44. The van der Waals surface area contributed by atoms with Crippen molar-refractivity contribution >= 4 is 0 Å². The first kappa shape index (κ1) is 13.2. The maximum Gasteiger partial charge on any atom is 0.120 e. The molecule has 1 aromatic rings. The van der Waals surface area contributed by atoms with Crippen LogP contribution in [0.2, 0.25) is 0 Å². The molecule has 4 heteroatoms. The Balaban J connectivity index is 1.59. The highest BCUT2D eigenvalue weighted by Crippen LogP contribution is 2.34. The summed E-state index contributed by atoms with van der Waals surface area (Å²) in [5, 5.41) is 3.68. The first-order valence-corrected chi connectivity index (χ1v) is 7.29. The van der Waals surface area contributed by atoms with Crippen LogP contribution in [0.15, 0.2) is 22.8 Å². The van der Waals surface area contributed by atoms with E-state index < -0.39 is 0 Å². The second-order valence-corrected chi connectivity index (χ2v) is 5.74. The van der Waals surface area contributed by atoms with E-state index in [-0.39, 0.29) is 11.6 Å². The molecular formula is C15H23NO3. The molecule has 2 aliphatic heterocycles. The highest BCUT2D eigenvalue weighted by molar-refractivity contribution is 5.04. The maximum atomic E-state index is 6.07. The van der Waals surface area contributed by atoms with Crippen molar-refractivity contribution in [3.63, 3.8) is 0 Å². The van der Waals surface area contributed by atoms with Crippen LogP contribution in [-0.4, -0.2) is 31.5 Å². The van der Waals surface area contributed by atoms with E-state index in [0.29, 0.717) is 6.04 Å². The Morgan fingerprint density at radius 3 is 2.89 bits per heavy atom. The predicted molar refractivity (Wildman–Crippen MR) is 72.0 cm³/mol. The van der Waals surface area contributed by atoms with E-state index >= 15 is 0 Å². The molecule has 0 radical (unpaired) electrons. The van der Waals surface area contributed by atoms with Crippen molar-refractivity contribution in [2.24, 2.45) is 0 Å². The Labute approximate surface area is 114 Å². The van der Waals surface area contributed by atoms with Gasteiger partial charge in [-0.05, 0) is 44.7 Å². The molecule has 1 unspecified atom stereocenters. The molecule has 2 fully saturated rings. The van der Waals surface area contributed by atoms with Crippen LogP contribution in [0.1, 0.15) is 44.4 Å². The van der Waals surface area contributed by atoms with E-state index in [1.807, 2.05) is 12.1 Å². The second-order valence-electron chi connectivity index (χ2n) is 5.74. The predicted octanol–water partition coefficient (Wildman–Crippen LogP) is 2.66. The molecule has 1 aromatic heterocycles. The van der Waals surface area contributed by atoms with Gasteiger partial charge in [-0.2, -0.15) is 0 Å². The highest BCUT2D eigenvalue weighted by Gasteiger charge is 2.39. The quantitative estimate of drug-likeness (QED) is 0.912. The Kier molecular flexibility index (Phi) is 3.91. The summed E-state index contributed by atoms with van der Waals surface area (Å²) in [6.45, 7) is 4.68. The highest BCUT2D eigenvalue weighted by atomic mass is 16.5. The molecule has 3 rings (SSSR count). The number of ether oxygens (including phenoxy) is 2. The topological polar surface area (TPSA) is 43.6 Å². The molecule has 3 heterocycles. The summed E-state index contributed by atoms with van der Waals surface area (Å²) in [4.78, 5) is 0. The fourth-order valence-electron chi connectivity index (χ4n) is 3.24. The van der Waals surface area contributed by atoms with Crippen molar-refractivity contribution in [3.05, 3.63) is 24.2 Å². The minimum atomic E-state index is 0.0526. The van der Waals surface area contributed by atoms with Crippen LogP contribution in [0.3, 0.4) is 0 Å². The van der Waals surface area contributed by atoms with E-state index in [1.54, 1.807) is 6.26 Å². The third-order valence-corrected chi connectivity index (χ3v) is 4.35. The molecular weight excluding hydrogens is 242 g/mol. The first-order valence-electron chi connectivity index (χ1n) is 7.29. The van der Waals surface area contributed by atoms with Gasteiger partial charge in [-0.15, -0.1) is 0 Å². The van der Waals surface area contributed by atoms with Crippen LogP contribution in [0.5, 0.6) is 0 Å². The number of nitrogens with one attached hydrogen (secondary N) is 1. The standard InChI is InChI=1S/C15H23NO3/c1-12(14-3-2-7-18-14)16-13-4-8-19-15(11-13)5-9-17-10-6-15/h2-3,7,12-13,16H,4-6,8-11H2,1H3/t12-,13?/m0/s1. The zero-order valence-electron chi connectivity index (χ0n) is 11.6. The minimum Gasteiger partial charge on any atom is -0.468 e. The van der Waals surface area contributed by atoms with Crippen molar-refractivity contribution in [1.29, 1.82) is 0 Å². The molecule has 0 amide bonds. The molecule has 0 saturated carbocycles. The van der Waals surface area contributed by atoms with Gasteiger partial charge in [0.1, 0.15) is 5.76 Å². The van der Waals surface area contributed by atoms with Gasteiger partial charge in [0.25, 0.3) is 0 Å². The molecule has 1 spiro atoms. The van der Waals surface area contributed by atoms with E-state index in [4.69, 9.17) is 13.9 Å².